The van der Waals surface area contributed by atoms with Crippen LogP contribution in [-0.2, 0) is 0 Å². The number of nitrogens with zero attached hydrogens (tertiary/aromatic N) is 4. The van der Waals surface area contributed by atoms with Gasteiger partial charge in [0, 0.05) is 56.8 Å². The van der Waals surface area contributed by atoms with Crippen LogP contribution in [0.1, 0.15) is 17.3 Å². The second kappa shape index (κ2) is 6.83. The van der Waals surface area contributed by atoms with Crippen LogP contribution < -0.4 is 4.90 Å². The van der Waals surface area contributed by atoms with Gasteiger partial charge in [-0.3, -0.25) is 9.79 Å². The van der Waals surface area contributed by atoms with E-state index in [1.165, 1.54) is 0 Å². The van der Waals surface area contributed by atoms with E-state index in [9.17, 15) is 4.79 Å². The molecule has 0 N–H and O–H groups in total. The molecule has 0 aromatic heterocycles. The first-order valence-corrected chi connectivity index (χ1v) is 8.95. The molecule has 0 unspecified atom stereocenters. The number of benzene rings is 1. The van der Waals surface area contributed by atoms with Gasteiger partial charge in [-0.1, -0.05) is 18.7 Å². The number of amides is 1. The van der Waals surface area contributed by atoms with Crippen molar-refractivity contribution >= 4 is 28.5 Å². The van der Waals surface area contributed by atoms with Gasteiger partial charge < -0.3 is 14.7 Å². The molecule has 5 nitrogen and oxygen atoms in total. The Bertz CT molecular complexity index is 591. The Morgan fingerprint density at radius 1 is 1.17 bits per heavy atom. The van der Waals surface area contributed by atoms with Crippen LogP contribution in [0.2, 0.25) is 0 Å². The summed E-state index contributed by atoms with van der Waals surface area (Å²) in [4.78, 5) is 23.5. The lowest BCUT2D eigenvalue weighted by Gasteiger charge is -2.35. The fourth-order valence-corrected chi connectivity index (χ4v) is 3.81. The third-order valence-corrected chi connectivity index (χ3v) is 5.41. The predicted octanol–water partition coefficient (Wildman–Crippen LogP) is 2.00. The van der Waals surface area contributed by atoms with Gasteiger partial charge in [-0.2, -0.15) is 0 Å². The summed E-state index contributed by atoms with van der Waals surface area (Å²) in [5, 5.41) is 1.74. The molecule has 1 fully saturated rings. The molecule has 6 heteroatoms. The maximum Gasteiger partial charge on any atom is 0.253 e. The van der Waals surface area contributed by atoms with Gasteiger partial charge in [0.05, 0.1) is 6.54 Å². The molecule has 3 rings (SSSR count). The van der Waals surface area contributed by atoms with Crippen molar-refractivity contribution in [2.24, 2.45) is 4.99 Å². The Labute approximate surface area is 142 Å². The molecule has 0 bridgehead atoms. The first kappa shape index (κ1) is 16.2. The summed E-state index contributed by atoms with van der Waals surface area (Å²) in [5.41, 5.74) is 1.88. The molecule has 1 aromatic rings. The minimum atomic E-state index is 0.129. The molecule has 0 radical (unpaired) electrons. The average Bonchev–Trinajstić information content (AvgIpc) is 3.01. The SMILES string of the molecule is C[C@@H]1CN=C(N2CCN(C(=O)c3ccc(N(C)C)cc3)CC2)S1. The van der Waals surface area contributed by atoms with Gasteiger partial charge in [0.2, 0.25) is 0 Å². The number of carbonyl (C=O) groups excluding carboxylic acids is 1. The second-order valence-corrected chi connectivity index (χ2v) is 7.68. The number of carbonyl (C=O) groups is 1. The van der Waals surface area contributed by atoms with E-state index in [2.05, 4.69) is 16.8 Å². The molecule has 2 aliphatic rings. The highest BCUT2D eigenvalue weighted by Crippen LogP contribution is 2.24. The molecule has 0 saturated carbocycles. The molecule has 1 saturated heterocycles. The summed E-state index contributed by atoms with van der Waals surface area (Å²) in [7, 11) is 4.00. The van der Waals surface area contributed by atoms with Gasteiger partial charge in [0.25, 0.3) is 5.91 Å². The summed E-state index contributed by atoms with van der Waals surface area (Å²) in [6.45, 7) is 6.40. The van der Waals surface area contributed by atoms with Crippen LogP contribution in [-0.4, -0.2) is 72.9 Å². The van der Waals surface area contributed by atoms with E-state index >= 15 is 0 Å². The highest BCUT2D eigenvalue weighted by Gasteiger charge is 2.27. The van der Waals surface area contributed by atoms with Crippen LogP contribution >= 0.6 is 11.8 Å². The van der Waals surface area contributed by atoms with Crippen LogP contribution in [0.4, 0.5) is 5.69 Å². The fourth-order valence-electron chi connectivity index (χ4n) is 2.82. The van der Waals surface area contributed by atoms with Crippen LogP contribution in [0.3, 0.4) is 0 Å². The first-order chi connectivity index (χ1) is 11.0. The van der Waals surface area contributed by atoms with Crippen molar-refractivity contribution in [3.05, 3.63) is 29.8 Å². The van der Waals surface area contributed by atoms with E-state index in [0.29, 0.717) is 5.25 Å². The van der Waals surface area contributed by atoms with Gasteiger partial charge in [0.15, 0.2) is 5.17 Å². The van der Waals surface area contributed by atoms with Crippen LogP contribution in [0.25, 0.3) is 0 Å². The zero-order chi connectivity index (χ0) is 16.4. The number of piperazine rings is 1. The monoisotopic (exact) mass is 332 g/mol. The zero-order valence-corrected chi connectivity index (χ0v) is 14.8. The highest BCUT2D eigenvalue weighted by atomic mass is 32.2. The molecular weight excluding hydrogens is 308 g/mol. The van der Waals surface area contributed by atoms with Crippen molar-refractivity contribution in [3.8, 4) is 0 Å². The minimum Gasteiger partial charge on any atom is -0.378 e. The van der Waals surface area contributed by atoms with Gasteiger partial charge in [-0.25, -0.2) is 0 Å². The first-order valence-electron chi connectivity index (χ1n) is 8.07. The predicted molar refractivity (Wildman–Crippen MR) is 97.6 cm³/mol. The van der Waals surface area contributed by atoms with E-state index in [1.54, 1.807) is 0 Å². The van der Waals surface area contributed by atoms with Crippen LogP contribution in [0, 0.1) is 0 Å². The lowest BCUT2D eigenvalue weighted by atomic mass is 10.1. The number of hydrogen-bond acceptors (Lipinski definition) is 5. The van der Waals surface area contributed by atoms with Gasteiger partial charge >= 0.3 is 0 Å². The van der Waals surface area contributed by atoms with Crippen molar-refractivity contribution in [1.29, 1.82) is 0 Å². The van der Waals surface area contributed by atoms with E-state index in [0.717, 1.165) is 49.1 Å². The summed E-state index contributed by atoms with van der Waals surface area (Å²) < 4.78 is 0. The summed E-state index contributed by atoms with van der Waals surface area (Å²) in [5.74, 6) is 0.129. The normalized spacial score (nSPS) is 21.3. The topological polar surface area (TPSA) is 39.1 Å². The number of amidine groups is 1. The van der Waals surface area contributed by atoms with Gasteiger partial charge in [-0.15, -0.1) is 0 Å². The molecule has 2 heterocycles. The largest absolute Gasteiger partial charge is 0.378 e. The van der Waals surface area contributed by atoms with Crippen molar-refractivity contribution in [2.45, 2.75) is 12.2 Å². The Kier molecular flexibility index (Phi) is 4.80. The molecule has 1 aromatic carbocycles. The maximum absolute atomic E-state index is 12.6. The Morgan fingerprint density at radius 2 is 1.83 bits per heavy atom. The van der Waals surface area contributed by atoms with Crippen LogP contribution in [0.5, 0.6) is 0 Å². The number of aliphatic imine (C=N–C) groups is 1. The molecule has 2 aliphatic heterocycles. The second-order valence-electron chi connectivity index (χ2n) is 6.27. The van der Waals surface area contributed by atoms with E-state index in [1.807, 2.05) is 59.9 Å². The molecular formula is C17H24N4OS. The minimum absolute atomic E-state index is 0.129. The van der Waals surface area contributed by atoms with Crippen LogP contribution in [0.15, 0.2) is 29.3 Å². The van der Waals surface area contributed by atoms with Gasteiger partial charge in [0.1, 0.15) is 0 Å². The Hall–Kier alpha value is -1.69. The summed E-state index contributed by atoms with van der Waals surface area (Å²) in [6, 6.07) is 7.83. The lowest BCUT2D eigenvalue weighted by Crippen LogP contribution is -2.49. The molecule has 1 amide bonds. The van der Waals surface area contributed by atoms with Crippen molar-refractivity contribution in [3.63, 3.8) is 0 Å². The maximum atomic E-state index is 12.6. The zero-order valence-electron chi connectivity index (χ0n) is 14.0. The smallest absolute Gasteiger partial charge is 0.253 e. The van der Waals surface area contributed by atoms with Gasteiger partial charge in [-0.05, 0) is 24.3 Å². The quantitative estimate of drug-likeness (QED) is 0.830. The molecule has 23 heavy (non-hydrogen) atoms. The van der Waals surface area contributed by atoms with E-state index < -0.39 is 0 Å². The Morgan fingerprint density at radius 3 is 2.35 bits per heavy atom. The number of hydrogen-bond donors (Lipinski definition) is 0. The summed E-state index contributed by atoms with van der Waals surface area (Å²) >= 11 is 1.85. The van der Waals surface area contributed by atoms with Crippen molar-refractivity contribution in [1.82, 2.24) is 9.80 Å². The lowest BCUT2D eigenvalue weighted by molar-refractivity contribution is 0.0693. The standard InChI is InChI=1S/C17H24N4OS/c1-13-12-18-17(23-13)21-10-8-20(9-11-21)16(22)14-4-6-15(7-5-14)19(2)3/h4-7,13H,8-12H2,1-3H3/t13-/m1/s1. The summed E-state index contributed by atoms with van der Waals surface area (Å²) in [6.07, 6.45) is 0. The van der Waals surface area contributed by atoms with E-state index in [4.69, 9.17) is 0 Å². The van der Waals surface area contributed by atoms with Crippen molar-refractivity contribution < 1.29 is 4.79 Å². The number of rotatable bonds is 2. The molecule has 1 atom stereocenters. The third-order valence-electron chi connectivity index (χ3n) is 4.26. The molecule has 124 valence electrons. The average molecular weight is 332 g/mol. The Balaban J connectivity index is 1.57. The highest BCUT2D eigenvalue weighted by molar-refractivity contribution is 8.14. The third kappa shape index (κ3) is 3.63. The molecule has 0 spiro atoms. The van der Waals surface area contributed by atoms with E-state index in [-0.39, 0.29) is 5.91 Å². The number of anilines is 1. The van der Waals surface area contributed by atoms with Crippen molar-refractivity contribution in [2.75, 3.05) is 51.7 Å². The molecule has 0 aliphatic carbocycles. The fraction of sp³-hybridized carbons (Fsp3) is 0.529. The number of thioether (sulfide) groups is 1.